The zero-order valence-electron chi connectivity index (χ0n) is 21.6. The number of halogens is 1. The summed E-state index contributed by atoms with van der Waals surface area (Å²) in [7, 11) is 1.61. The molecule has 2 heterocycles. The van der Waals surface area contributed by atoms with Crippen LogP contribution in [0.1, 0.15) is 58.5 Å². The van der Waals surface area contributed by atoms with Gasteiger partial charge in [0.2, 0.25) is 0 Å². The van der Waals surface area contributed by atoms with Crippen molar-refractivity contribution in [2.75, 3.05) is 13.7 Å². The summed E-state index contributed by atoms with van der Waals surface area (Å²) < 4.78 is 11.6. The Labute approximate surface area is 227 Å². The minimum atomic E-state index is -0.482. The SMILES string of the molecule is CCCCOc1ccc(C2c3c(-c4cc(Cl)c(C)cc4O)n[nH]c3C(=O)N2Cc2ccccc2)cc1OC. The number of aromatic amines is 1. The fourth-order valence-electron chi connectivity index (χ4n) is 4.85. The van der Waals surface area contributed by atoms with Crippen molar-refractivity contribution in [3.63, 3.8) is 0 Å². The number of benzene rings is 3. The number of aromatic hydroxyl groups is 1. The van der Waals surface area contributed by atoms with Crippen molar-refractivity contribution in [2.24, 2.45) is 0 Å². The van der Waals surface area contributed by atoms with Crippen molar-refractivity contribution in [1.82, 2.24) is 15.1 Å². The molecule has 1 atom stereocenters. The van der Waals surface area contributed by atoms with E-state index < -0.39 is 6.04 Å². The lowest BCUT2D eigenvalue weighted by Gasteiger charge is -2.27. The molecular formula is C30H30ClN3O4. The number of amides is 1. The molecule has 2 N–H and O–H groups in total. The summed E-state index contributed by atoms with van der Waals surface area (Å²) in [5, 5.41) is 18.7. The van der Waals surface area contributed by atoms with Crippen LogP contribution in [0.15, 0.2) is 60.7 Å². The van der Waals surface area contributed by atoms with E-state index in [1.165, 1.54) is 0 Å². The minimum Gasteiger partial charge on any atom is -0.507 e. The van der Waals surface area contributed by atoms with Gasteiger partial charge in [0, 0.05) is 22.7 Å². The molecule has 7 nitrogen and oxygen atoms in total. The maximum absolute atomic E-state index is 13.7. The van der Waals surface area contributed by atoms with Crippen molar-refractivity contribution in [3.8, 4) is 28.5 Å². The number of nitrogens with zero attached hydrogens (tertiary/aromatic N) is 2. The van der Waals surface area contributed by atoms with Gasteiger partial charge in [-0.1, -0.05) is 61.3 Å². The Morgan fingerprint density at radius 1 is 1.11 bits per heavy atom. The molecule has 0 aliphatic carbocycles. The van der Waals surface area contributed by atoms with Crippen LogP contribution < -0.4 is 9.47 Å². The molecule has 38 heavy (non-hydrogen) atoms. The Morgan fingerprint density at radius 3 is 2.63 bits per heavy atom. The Balaban J connectivity index is 1.64. The number of carbonyl (C=O) groups excluding carboxylic acids is 1. The average Bonchev–Trinajstić information content (AvgIpc) is 3.46. The highest BCUT2D eigenvalue weighted by atomic mass is 35.5. The van der Waals surface area contributed by atoms with Gasteiger partial charge in [-0.05, 0) is 54.3 Å². The molecule has 0 bridgehead atoms. The summed E-state index contributed by atoms with van der Waals surface area (Å²) in [6.45, 7) is 4.92. The van der Waals surface area contributed by atoms with E-state index in [1.54, 1.807) is 24.1 Å². The number of aromatic nitrogens is 2. The topological polar surface area (TPSA) is 87.7 Å². The first-order valence-electron chi connectivity index (χ1n) is 12.7. The van der Waals surface area contributed by atoms with Gasteiger partial charge in [0.15, 0.2) is 11.5 Å². The van der Waals surface area contributed by atoms with Crippen LogP contribution in [0.4, 0.5) is 0 Å². The second-order valence-electron chi connectivity index (χ2n) is 9.41. The van der Waals surface area contributed by atoms with Crippen LogP contribution >= 0.6 is 11.6 Å². The first-order chi connectivity index (χ1) is 18.4. The van der Waals surface area contributed by atoms with Gasteiger partial charge < -0.3 is 19.5 Å². The smallest absolute Gasteiger partial charge is 0.273 e. The lowest BCUT2D eigenvalue weighted by atomic mass is 9.94. The van der Waals surface area contributed by atoms with E-state index in [9.17, 15) is 9.90 Å². The number of ether oxygens (including phenoxy) is 2. The van der Waals surface area contributed by atoms with E-state index in [2.05, 4.69) is 17.1 Å². The number of methoxy groups -OCH3 is 1. The predicted molar refractivity (Wildman–Crippen MR) is 147 cm³/mol. The third kappa shape index (κ3) is 4.70. The second-order valence-corrected chi connectivity index (χ2v) is 9.82. The third-order valence-corrected chi connectivity index (χ3v) is 7.26. The number of hydrogen-bond donors (Lipinski definition) is 2. The number of aryl methyl sites for hydroxylation is 1. The summed E-state index contributed by atoms with van der Waals surface area (Å²) in [4.78, 5) is 15.5. The number of nitrogens with one attached hydrogen (secondary N) is 1. The number of carbonyl (C=O) groups is 1. The first kappa shape index (κ1) is 25.7. The Kier molecular flexibility index (Phi) is 7.29. The molecular weight excluding hydrogens is 502 g/mol. The van der Waals surface area contributed by atoms with Gasteiger partial charge >= 0.3 is 0 Å². The average molecular weight is 532 g/mol. The predicted octanol–water partition coefficient (Wildman–Crippen LogP) is 6.68. The highest BCUT2D eigenvalue weighted by molar-refractivity contribution is 6.31. The second kappa shape index (κ2) is 10.8. The molecule has 1 aliphatic heterocycles. The Hall–Kier alpha value is -3.97. The Bertz CT molecular complexity index is 1470. The summed E-state index contributed by atoms with van der Waals surface area (Å²) in [6, 6.07) is 18.4. The Morgan fingerprint density at radius 2 is 1.89 bits per heavy atom. The number of unbranched alkanes of at least 4 members (excludes halogenated alkanes) is 1. The molecule has 1 unspecified atom stereocenters. The summed E-state index contributed by atoms with van der Waals surface area (Å²) in [6.07, 6.45) is 1.97. The van der Waals surface area contributed by atoms with E-state index >= 15 is 0 Å². The molecule has 3 aromatic carbocycles. The third-order valence-electron chi connectivity index (χ3n) is 6.85. The van der Waals surface area contributed by atoms with E-state index in [1.807, 2.05) is 55.5 Å². The van der Waals surface area contributed by atoms with Gasteiger partial charge in [-0.2, -0.15) is 5.10 Å². The lowest BCUT2D eigenvalue weighted by Crippen LogP contribution is -2.29. The van der Waals surface area contributed by atoms with Crippen LogP contribution in [0, 0.1) is 6.92 Å². The number of hydrogen-bond acceptors (Lipinski definition) is 5. The molecule has 196 valence electrons. The highest BCUT2D eigenvalue weighted by Crippen LogP contribution is 2.47. The van der Waals surface area contributed by atoms with Gasteiger partial charge in [0.25, 0.3) is 5.91 Å². The highest BCUT2D eigenvalue weighted by Gasteiger charge is 2.43. The molecule has 1 aromatic heterocycles. The number of phenolic OH excluding ortho intramolecular Hbond substituents is 1. The van der Waals surface area contributed by atoms with Crippen LogP contribution in [0.2, 0.25) is 5.02 Å². The van der Waals surface area contributed by atoms with E-state index in [0.717, 1.165) is 29.5 Å². The number of H-pyrrole nitrogens is 1. The van der Waals surface area contributed by atoms with E-state index in [-0.39, 0.29) is 11.7 Å². The van der Waals surface area contributed by atoms with Crippen molar-refractivity contribution >= 4 is 17.5 Å². The van der Waals surface area contributed by atoms with Crippen LogP contribution in [0.5, 0.6) is 17.2 Å². The fraction of sp³-hybridized carbons (Fsp3) is 0.267. The minimum absolute atomic E-state index is 0.0474. The van der Waals surface area contributed by atoms with Crippen molar-refractivity contribution in [2.45, 2.75) is 39.3 Å². The molecule has 5 rings (SSSR count). The van der Waals surface area contributed by atoms with Gasteiger partial charge in [0.05, 0.1) is 19.8 Å². The lowest BCUT2D eigenvalue weighted by molar-refractivity contribution is 0.0730. The monoisotopic (exact) mass is 531 g/mol. The van der Waals surface area contributed by atoms with Crippen LogP contribution in [-0.2, 0) is 6.54 Å². The zero-order chi connectivity index (χ0) is 26.8. The normalized spacial score (nSPS) is 14.6. The maximum Gasteiger partial charge on any atom is 0.273 e. The van der Waals surface area contributed by atoms with Gasteiger partial charge in [-0.15, -0.1) is 0 Å². The fourth-order valence-corrected chi connectivity index (χ4v) is 5.01. The van der Waals surface area contributed by atoms with Gasteiger partial charge in [-0.3, -0.25) is 9.89 Å². The van der Waals surface area contributed by atoms with Gasteiger partial charge in [0.1, 0.15) is 17.1 Å². The van der Waals surface area contributed by atoms with Gasteiger partial charge in [-0.25, -0.2) is 0 Å². The molecule has 1 amide bonds. The first-order valence-corrected chi connectivity index (χ1v) is 13.0. The molecule has 0 spiro atoms. The molecule has 0 saturated heterocycles. The van der Waals surface area contributed by atoms with Crippen molar-refractivity contribution in [3.05, 3.63) is 93.6 Å². The molecule has 0 radical (unpaired) electrons. The molecule has 0 saturated carbocycles. The summed E-state index contributed by atoms with van der Waals surface area (Å²) in [5.74, 6) is 1.11. The molecule has 0 fully saturated rings. The van der Waals surface area contributed by atoms with Crippen LogP contribution in [-0.4, -0.2) is 39.8 Å². The largest absolute Gasteiger partial charge is 0.507 e. The number of fused-ring (bicyclic) bond motifs is 1. The van der Waals surface area contributed by atoms with E-state index in [4.69, 9.17) is 21.1 Å². The number of rotatable bonds is 9. The van der Waals surface area contributed by atoms with Crippen molar-refractivity contribution in [1.29, 1.82) is 0 Å². The zero-order valence-corrected chi connectivity index (χ0v) is 22.4. The standard InChI is InChI=1S/C30H30ClN3O4/c1-4-5-13-38-24-12-11-20(15-25(24)37-3)29-26-27(21-16-22(31)18(2)14-23(21)35)32-33-28(26)30(36)34(29)17-19-9-7-6-8-10-19/h6-12,14-16,29,35H,4-5,13,17H2,1-3H3,(H,32,33). The summed E-state index contributed by atoms with van der Waals surface area (Å²) in [5.41, 5.74) is 4.61. The molecule has 8 heteroatoms. The quantitative estimate of drug-likeness (QED) is 0.235. The molecule has 1 aliphatic rings. The maximum atomic E-state index is 13.7. The summed E-state index contributed by atoms with van der Waals surface area (Å²) >= 11 is 6.42. The van der Waals surface area contributed by atoms with Crippen LogP contribution in [0.25, 0.3) is 11.3 Å². The molecule has 4 aromatic rings. The van der Waals surface area contributed by atoms with Crippen LogP contribution in [0.3, 0.4) is 0 Å². The number of phenols is 1. The van der Waals surface area contributed by atoms with E-state index in [0.29, 0.717) is 52.2 Å². The van der Waals surface area contributed by atoms with Crippen molar-refractivity contribution < 1.29 is 19.4 Å².